The van der Waals surface area contributed by atoms with Gasteiger partial charge in [0, 0.05) is 5.02 Å². The van der Waals surface area contributed by atoms with Crippen LogP contribution in [0.4, 0.5) is 0 Å². The number of ether oxygens (including phenoxy) is 1. The molecule has 1 nitrogen and oxygen atoms in total. The molecule has 3 aromatic carbocycles. The summed E-state index contributed by atoms with van der Waals surface area (Å²) in [6.07, 6.45) is 20.3. The molecule has 1 fully saturated rings. The first-order valence-corrected chi connectivity index (χ1v) is 17.1. The molecule has 0 aliphatic heterocycles. The number of halogens is 1. The molecule has 4 rings (SSSR count). The lowest BCUT2D eigenvalue weighted by molar-refractivity contribution is 0.206. The highest BCUT2D eigenvalue weighted by Gasteiger charge is 2.23. The van der Waals surface area contributed by atoms with Gasteiger partial charge in [0.05, 0.1) is 6.10 Å². The summed E-state index contributed by atoms with van der Waals surface area (Å²) in [7, 11) is 0. The van der Waals surface area contributed by atoms with Gasteiger partial charge < -0.3 is 4.74 Å². The highest BCUT2D eigenvalue weighted by molar-refractivity contribution is 6.30. The summed E-state index contributed by atoms with van der Waals surface area (Å²) in [4.78, 5) is 0. The summed E-state index contributed by atoms with van der Waals surface area (Å²) in [5.41, 5.74) is 6.45. The molecule has 1 saturated carbocycles. The van der Waals surface area contributed by atoms with Crippen molar-refractivity contribution in [2.24, 2.45) is 5.92 Å². The van der Waals surface area contributed by atoms with E-state index in [1.165, 1.54) is 118 Å². The van der Waals surface area contributed by atoms with Gasteiger partial charge in [0.1, 0.15) is 5.75 Å². The Labute approximate surface area is 256 Å². The van der Waals surface area contributed by atoms with Gasteiger partial charge in [-0.3, -0.25) is 0 Å². The summed E-state index contributed by atoms with van der Waals surface area (Å²) in [6, 6.07) is 24.2. The van der Waals surface area contributed by atoms with Crippen molar-refractivity contribution in [1.82, 2.24) is 0 Å². The first-order chi connectivity index (χ1) is 20.1. The van der Waals surface area contributed by atoms with E-state index < -0.39 is 0 Å². The van der Waals surface area contributed by atoms with Gasteiger partial charge in [-0.15, -0.1) is 0 Å². The van der Waals surface area contributed by atoms with Crippen molar-refractivity contribution in [3.63, 3.8) is 0 Å². The van der Waals surface area contributed by atoms with Crippen LogP contribution in [-0.4, -0.2) is 6.10 Å². The van der Waals surface area contributed by atoms with Gasteiger partial charge in [-0.2, -0.15) is 0 Å². The Hall–Kier alpha value is -2.25. The molecule has 41 heavy (non-hydrogen) atoms. The molecule has 1 aliphatic carbocycles. The van der Waals surface area contributed by atoms with Gasteiger partial charge in [0.15, 0.2) is 0 Å². The van der Waals surface area contributed by atoms with Crippen LogP contribution in [0, 0.1) is 5.92 Å². The molecule has 0 spiro atoms. The second-order valence-electron chi connectivity index (χ2n) is 12.5. The van der Waals surface area contributed by atoms with Crippen molar-refractivity contribution in [1.29, 1.82) is 0 Å². The van der Waals surface area contributed by atoms with E-state index >= 15 is 0 Å². The Morgan fingerprint density at radius 2 is 1.41 bits per heavy atom. The van der Waals surface area contributed by atoms with E-state index in [9.17, 15) is 0 Å². The third-order valence-electron chi connectivity index (χ3n) is 9.18. The second kappa shape index (κ2) is 17.0. The predicted octanol–water partition coefficient (Wildman–Crippen LogP) is 13.0. The molecule has 0 N–H and O–H groups in total. The Morgan fingerprint density at radius 3 is 2.12 bits per heavy atom. The lowest BCUT2D eigenvalue weighted by Gasteiger charge is -2.29. The van der Waals surface area contributed by atoms with Gasteiger partial charge in [-0.05, 0) is 109 Å². The van der Waals surface area contributed by atoms with Crippen LogP contribution in [-0.2, 0) is 0 Å². The summed E-state index contributed by atoms with van der Waals surface area (Å²) in [5.74, 6) is 2.56. The molecule has 0 saturated heterocycles. The molecule has 222 valence electrons. The molecule has 0 amide bonds. The van der Waals surface area contributed by atoms with E-state index in [-0.39, 0.29) is 6.10 Å². The van der Waals surface area contributed by atoms with Crippen LogP contribution in [0.3, 0.4) is 0 Å². The molecule has 0 bridgehead atoms. The Kier molecular flexibility index (Phi) is 13.1. The van der Waals surface area contributed by atoms with Crippen LogP contribution in [0.1, 0.15) is 129 Å². The van der Waals surface area contributed by atoms with Crippen molar-refractivity contribution < 1.29 is 4.74 Å². The SMILES string of the molecule is CCCCCCCC1CCC(c2ccc(-c3cccc(Cl)c3)c(-c3ccc(O[C@@H](C)CCCCCC)cc3)c2)CC1. The van der Waals surface area contributed by atoms with E-state index in [0.717, 1.165) is 23.1 Å². The summed E-state index contributed by atoms with van der Waals surface area (Å²) in [5, 5.41) is 0.780. The van der Waals surface area contributed by atoms with Crippen molar-refractivity contribution in [3.8, 4) is 28.0 Å². The average Bonchev–Trinajstić information content (AvgIpc) is 3.00. The summed E-state index contributed by atoms with van der Waals surface area (Å²) < 4.78 is 6.27. The van der Waals surface area contributed by atoms with Gasteiger partial charge in [-0.1, -0.05) is 126 Å². The Morgan fingerprint density at radius 1 is 0.707 bits per heavy atom. The van der Waals surface area contributed by atoms with E-state index in [2.05, 4.69) is 81.4 Å². The van der Waals surface area contributed by atoms with Crippen LogP contribution in [0.5, 0.6) is 5.75 Å². The fraction of sp³-hybridized carbons (Fsp3) is 0.538. The minimum Gasteiger partial charge on any atom is -0.491 e. The molecule has 2 heteroatoms. The molecular weight excluding hydrogens is 520 g/mol. The minimum absolute atomic E-state index is 0.245. The van der Waals surface area contributed by atoms with Crippen LogP contribution in [0.15, 0.2) is 66.7 Å². The zero-order valence-electron chi connectivity index (χ0n) is 26.0. The van der Waals surface area contributed by atoms with Gasteiger partial charge in [0.2, 0.25) is 0 Å². The van der Waals surface area contributed by atoms with Crippen LogP contribution < -0.4 is 4.74 Å². The number of hydrogen-bond acceptors (Lipinski definition) is 1. The quantitative estimate of drug-likeness (QED) is 0.155. The molecule has 0 aromatic heterocycles. The lowest BCUT2D eigenvalue weighted by Crippen LogP contribution is -2.13. The summed E-state index contributed by atoms with van der Waals surface area (Å²) in [6.45, 7) is 6.76. The van der Waals surface area contributed by atoms with Crippen LogP contribution in [0.25, 0.3) is 22.3 Å². The van der Waals surface area contributed by atoms with Crippen molar-refractivity contribution in [3.05, 3.63) is 77.3 Å². The molecule has 0 heterocycles. The van der Waals surface area contributed by atoms with Crippen LogP contribution in [0.2, 0.25) is 5.02 Å². The van der Waals surface area contributed by atoms with E-state index in [1.54, 1.807) is 0 Å². The first-order valence-electron chi connectivity index (χ1n) is 16.7. The lowest BCUT2D eigenvalue weighted by atomic mass is 9.76. The van der Waals surface area contributed by atoms with Gasteiger partial charge >= 0.3 is 0 Å². The normalized spacial score (nSPS) is 17.9. The fourth-order valence-electron chi connectivity index (χ4n) is 6.65. The standard InChI is InChI=1S/C39H53ClO/c1-4-6-8-10-12-15-31-18-20-32(21-19-31)34-24-27-38(35-16-13-17-36(40)28-35)39(29-34)33-22-25-37(26-23-33)41-30(3)14-11-9-7-5-2/h13,16-17,22-32H,4-12,14-15,18-21H2,1-3H3/t30-,31?,32?/m0/s1. The number of rotatable bonds is 16. The van der Waals surface area contributed by atoms with Crippen molar-refractivity contribution in [2.75, 3.05) is 0 Å². The third kappa shape index (κ3) is 9.92. The van der Waals surface area contributed by atoms with Crippen molar-refractivity contribution >= 4 is 11.6 Å². The Bertz CT molecular complexity index is 1160. The van der Waals surface area contributed by atoms with Gasteiger partial charge in [-0.25, -0.2) is 0 Å². The van der Waals surface area contributed by atoms with E-state index in [0.29, 0.717) is 5.92 Å². The minimum atomic E-state index is 0.245. The molecule has 0 radical (unpaired) electrons. The monoisotopic (exact) mass is 572 g/mol. The second-order valence-corrected chi connectivity index (χ2v) is 13.0. The van der Waals surface area contributed by atoms with Gasteiger partial charge in [0.25, 0.3) is 0 Å². The zero-order chi connectivity index (χ0) is 28.9. The zero-order valence-corrected chi connectivity index (χ0v) is 26.7. The van der Waals surface area contributed by atoms with E-state index in [1.807, 2.05) is 6.07 Å². The van der Waals surface area contributed by atoms with Crippen molar-refractivity contribution in [2.45, 2.75) is 129 Å². The number of hydrogen-bond donors (Lipinski definition) is 0. The van der Waals surface area contributed by atoms with E-state index in [4.69, 9.17) is 16.3 Å². The van der Waals surface area contributed by atoms with Crippen LogP contribution >= 0.6 is 11.6 Å². The fourth-order valence-corrected chi connectivity index (χ4v) is 6.84. The smallest absolute Gasteiger partial charge is 0.119 e. The number of benzene rings is 3. The molecule has 1 aliphatic rings. The molecule has 1 atom stereocenters. The maximum Gasteiger partial charge on any atom is 0.119 e. The Balaban J connectivity index is 1.47. The highest BCUT2D eigenvalue weighted by Crippen LogP contribution is 2.41. The third-order valence-corrected chi connectivity index (χ3v) is 9.42. The maximum absolute atomic E-state index is 6.43. The molecule has 0 unspecified atom stereocenters. The largest absolute Gasteiger partial charge is 0.491 e. The first kappa shape index (κ1) is 31.7. The number of unbranched alkanes of at least 4 members (excludes halogenated alkanes) is 7. The molecular formula is C39H53ClO. The average molecular weight is 573 g/mol. The predicted molar refractivity (Wildman–Crippen MR) is 179 cm³/mol. The maximum atomic E-state index is 6.43. The molecule has 3 aromatic rings. The highest BCUT2D eigenvalue weighted by atomic mass is 35.5. The topological polar surface area (TPSA) is 9.23 Å². The summed E-state index contributed by atoms with van der Waals surface area (Å²) >= 11 is 6.43.